The fourth-order valence-electron chi connectivity index (χ4n) is 1.37. The van der Waals surface area contributed by atoms with Crippen molar-refractivity contribution in [2.45, 2.75) is 33.2 Å². The summed E-state index contributed by atoms with van der Waals surface area (Å²) in [6.07, 6.45) is 3.23. The van der Waals surface area contributed by atoms with Gasteiger partial charge in [-0.2, -0.15) is 0 Å². The highest BCUT2D eigenvalue weighted by molar-refractivity contribution is 7.80. The third-order valence-corrected chi connectivity index (χ3v) is 2.43. The van der Waals surface area contributed by atoms with Crippen molar-refractivity contribution in [2.24, 2.45) is 0 Å². The number of carbonyl (C=O) groups excluding carboxylic acids is 1. The number of carbonyl (C=O) groups is 1. The number of thiocarbonyl (C=S) groups is 1. The average molecular weight is 276 g/mol. The van der Waals surface area contributed by atoms with Crippen LogP contribution in [0.15, 0.2) is 30.3 Å². The summed E-state index contributed by atoms with van der Waals surface area (Å²) in [6.45, 7) is 7.96. The SMILES string of the molecule is Cc1ccc(/C=C/C(=O)NC(=S)NC(C)(C)C)cc1. The topological polar surface area (TPSA) is 41.1 Å². The predicted molar refractivity (Wildman–Crippen MR) is 83.8 cm³/mol. The van der Waals surface area contributed by atoms with Gasteiger partial charge >= 0.3 is 0 Å². The first kappa shape index (κ1) is 15.4. The Kier molecular flexibility index (Phi) is 5.24. The fourth-order valence-corrected chi connectivity index (χ4v) is 1.78. The van der Waals surface area contributed by atoms with Crippen LogP contribution in [0.3, 0.4) is 0 Å². The molecule has 0 aliphatic heterocycles. The molecule has 0 aliphatic rings. The molecule has 0 bridgehead atoms. The largest absolute Gasteiger partial charge is 0.358 e. The zero-order valence-corrected chi connectivity index (χ0v) is 12.6. The van der Waals surface area contributed by atoms with E-state index >= 15 is 0 Å². The Hall–Kier alpha value is -1.68. The van der Waals surface area contributed by atoms with Gasteiger partial charge in [-0.05, 0) is 51.6 Å². The monoisotopic (exact) mass is 276 g/mol. The van der Waals surface area contributed by atoms with Gasteiger partial charge in [0.25, 0.3) is 0 Å². The molecule has 0 spiro atoms. The first-order valence-corrected chi connectivity index (χ1v) is 6.55. The van der Waals surface area contributed by atoms with Crippen LogP contribution >= 0.6 is 12.2 Å². The molecule has 102 valence electrons. The highest BCUT2D eigenvalue weighted by atomic mass is 32.1. The van der Waals surface area contributed by atoms with Gasteiger partial charge in [-0.15, -0.1) is 0 Å². The fraction of sp³-hybridized carbons (Fsp3) is 0.333. The molecular formula is C15H20N2OS. The summed E-state index contributed by atoms with van der Waals surface area (Å²) in [5, 5.41) is 5.97. The third-order valence-electron chi connectivity index (χ3n) is 2.23. The summed E-state index contributed by atoms with van der Waals surface area (Å²) in [6, 6.07) is 7.93. The molecule has 0 aliphatic carbocycles. The Bertz CT molecular complexity index is 484. The van der Waals surface area contributed by atoms with Crippen LogP contribution < -0.4 is 10.6 Å². The van der Waals surface area contributed by atoms with Crippen LogP contribution in [0.4, 0.5) is 0 Å². The van der Waals surface area contributed by atoms with E-state index in [1.54, 1.807) is 6.08 Å². The highest BCUT2D eigenvalue weighted by Gasteiger charge is 2.11. The van der Waals surface area contributed by atoms with Crippen LogP contribution in [0.25, 0.3) is 6.08 Å². The van der Waals surface area contributed by atoms with Crippen LogP contribution in [0.1, 0.15) is 31.9 Å². The predicted octanol–water partition coefficient (Wildman–Crippen LogP) is 2.80. The molecule has 0 aromatic heterocycles. The van der Waals surface area contributed by atoms with Gasteiger partial charge in [-0.25, -0.2) is 0 Å². The van der Waals surface area contributed by atoms with Gasteiger partial charge in [-0.1, -0.05) is 29.8 Å². The zero-order chi connectivity index (χ0) is 14.5. The lowest BCUT2D eigenvalue weighted by Gasteiger charge is -2.22. The van der Waals surface area contributed by atoms with Gasteiger partial charge in [0.15, 0.2) is 5.11 Å². The molecule has 2 N–H and O–H groups in total. The van der Waals surface area contributed by atoms with Gasteiger partial charge in [-0.3, -0.25) is 10.1 Å². The number of rotatable bonds is 2. The van der Waals surface area contributed by atoms with Gasteiger partial charge in [0.2, 0.25) is 5.91 Å². The standard InChI is InChI=1S/C15H20N2OS/c1-11-5-7-12(8-6-11)9-10-13(18)16-14(19)17-15(2,3)4/h5-10H,1-4H3,(H2,16,17,18,19)/b10-9+. The molecule has 1 rings (SSSR count). The molecule has 0 saturated carbocycles. The van der Waals surface area contributed by atoms with Crippen molar-refractivity contribution in [1.82, 2.24) is 10.6 Å². The van der Waals surface area contributed by atoms with Crippen molar-refractivity contribution in [3.63, 3.8) is 0 Å². The maximum Gasteiger partial charge on any atom is 0.250 e. The normalized spacial score (nSPS) is 11.4. The minimum absolute atomic E-state index is 0.162. The van der Waals surface area contributed by atoms with E-state index < -0.39 is 0 Å². The van der Waals surface area contributed by atoms with E-state index in [0.717, 1.165) is 5.56 Å². The highest BCUT2D eigenvalue weighted by Crippen LogP contribution is 2.04. The molecule has 19 heavy (non-hydrogen) atoms. The molecule has 0 saturated heterocycles. The van der Waals surface area contributed by atoms with E-state index in [4.69, 9.17) is 12.2 Å². The van der Waals surface area contributed by atoms with Crippen LogP contribution in [-0.4, -0.2) is 16.6 Å². The van der Waals surface area contributed by atoms with E-state index in [-0.39, 0.29) is 11.4 Å². The number of aryl methyl sites for hydroxylation is 1. The molecule has 0 fully saturated rings. The summed E-state index contributed by atoms with van der Waals surface area (Å²) in [4.78, 5) is 11.7. The molecular weight excluding hydrogens is 256 g/mol. The molecule has 0 unspecified atom stereocenters. The lowest BCUT2D eigenvalue weighted by molar-refractivity contribution is -0.115. The van der Waals surface area contributed by atoms with Crippen LogP contribution in [0.2, 0.25) is 0 Å². The van der Waals surface area contributed by atoms with Crippen molar-refractivity contribution in [3.8, 4) is 0 Å². The summed E-state index contributed by atoms with van der Waals surface area (Å²) >= 11 is 5.05. The van der Waals surface area contributed by atoms with E-state index in [9.17, 15) is 4.79 Å². The summed E-state index contributed by atoms with van der Waals surface area (Å²) < 4.78 is 0. The number of nitrogens with one attached hydrogen (secondary N) is 2. The summed E-state index contributed by atoms with van der Waals surface area (Å²) in [7, 11) is 0. The molecule has 0 atom stereocenters. The minimum Gasteiger partial charge on any atom is -0.358 e. The lowest BCUT2D eigenvalue weighted by atomic mass is 10.1. The Morgan fingerprint density at radius 1 is 1.21 bits per heavy atom. The summed E-state index contributed by atoms with van der Waals surface area (Å²) in [5.74, 6) is -0.234. The number of amides is 1. The van der Waals surface area contributed by atoms with Gasteiger partial charge < -0.3 is 5.32 Å². The summed E-state index contributed by atoms with van der Waals surface area (Å²) in [5.41, 5.74) is 2.01. The maximum atomic E-state index is 11.7. The first-order chi connectivity index (χ1) is 8.76. The second kappa shape index (κ2) is 6.48. The molecule has 1 aromatic rings. The van der Waals surface area contributed by atoms with Crippen molar-refractivity contribution in [2.75, 3.05) is 0 Å². The Labute approximate surface area is 120 Å². The quantitative estimate of drug-likeness (QED) is 0.644. The Morgan fingerprint density at radius 3 is 2.32 bits per heavy atom. The Balaban J connectivity index is 2.51. The van der Waals surface area contributed by atoms with Crippen LogP contribution in [0.5, 0.6) is 0 Å². The van der Waals surface area contributed by atoms with E-state index in [1.807, 2.05) is 52.0 Å². The molecule has 1 amide bonds. The van der Waals surface area contributed by atoms with Gasteiger partial charge in [0.05, 0.1) is 0 Å². The number of hydrogen-bond donors (Lipinski definition) is 2. The molecule has 0 radical (unpaired) electrons. The van der Waals surface area contributed by atoms with Crippen LogP contribution in [-0.2, 0) is 4.79 Å². The number of hydrogen-bond acceptors (Lipinski definition) is 2. The van der Waals surface area contributed by atoms with Crippen LogP contribution in [0, 0.1) is 6.92 Å². The van der Waals surface area contributed by atoms with E-state index in [2.05, 4.69) is 10.6 Å². The second-order valence-electron chi connectivity index (χ2n) is 5.44. The zero-order valence-electron chi connectivity index (χ0n) is 11.8. The second-order valence-corrected chi connectivity index (χ2v) is 5.85. The van der Waals surface area contributed by atoms with Crippen molar-refractivity contribution >= 4 is 29.3 Å². The third kappa shape index (κ3) is 6.72. The van der Waals surface area contributed by atoms with E-state index in [0.29, 0.717) is 5.11 Å². The van der Waals surface area contributed by atoms with Crippen molar-refractivity contribution in [1.29, 1.82) is 0 Å². The van der Waals surface area contributed by atoms with Gasteiger partial charge in [0.1, 0.15) is 0 Å². The molecule has 1 aromatic carbocycles. The van der Waals surface area contributed by atoms with Gasteiger partial charge in [0, 0.05) is 11.6 Å². The smallest absolute Gasteiger partial charge is 0.250 e. The molecule has 0 heterocycles. The number of benzene rings is 1. The Morgan fingerprint density at radius 2 is 1.79 bits per heavy atom. The van der Waals surface area contributed by atoms with E-state index in [1.165, 1.54) is 11.6 Å². The van der Waals surface area contributed by atoms with Crippen molar-refractivity contribution < 1.29 is 4.79 Å². The molecule has 3 nitrogen and oxygen atoms in total. The minimum atomic E-state index is -0.234. The molecule has 4 heteroatoms. The van der Waals surface area contributed by atoms with Crippen molar-refractivity contribution in [3.05, 3.63) is 41.5 Å². The lowest BCUT2D eigenvalue weighted by Crippen LogP contribution is -2.47. The maximum absolute atomic E-state index is 11.7. The average Bonchev–Trinajstić information content (AvgIpc) is 2.25. The first-order valence-electron chi connectivity index (χ1n) is 6.14.